The number of ether oxygens (including phenoxy) is 3. The number of carbonyl (C=O) groups excluding carboxylic acids is 5. The molecule has 1 aliphatic heterocycles. The first-order chi connectivity index (χ1) is 23.9. The predicted molar refractivity (Wildman–Crippen MR) is 184 cm³/mol. The lowest BCUT2D eigenvalue weighted by Gasteiger charge is -2.43. The summed E-state index contributed by atoms with van der Waals surface area (Å²) >= 11 is 1.22. The Kier molecular flexibility index (Phi) is 14.3. The SMILES string of the molecule is O=C(NC(=NCCC[C@H]1C(=O)N(C(=O)c2cccs2)C1C(=O)OCC1CCCCC1)NC(=O)OCC1CCCCC1)OCC1CCCCC1. The Hall–Kier alpha value is -3.48. The van der Waals surface area contributed by atoms with E-state index in [9.17, 15) is 24.0 Å². The van der Waals surface area contributed by atoms with Gasteiger partial charge in [-0.05, 0) is 80.6 Å². The Bertz CT molecular complexity index is 1250. The molecule has 2 heterocycles. The number of amides is 4. The predicted octanol–water partition coefficient (Wildman–Crippen LogP) is 6.59. The van der Waals surface area contributed by atoms with E-state index in [0.717, 1.165) is 81.9 Å². The molecule has 3 aliphatic carbocycles. The van der Waals surface area contributed by atoms with Crippen molar-refractivity contribution in [1.29, 1.82) is 0 Å². The van der Waals surface area contributed by atoms with Gasteiger partial charge in [0.2, 0.25) is 11.9 Å². The fourth-order valence-electron chi connectivity index (χ4n) is 7.46. The molecule has 4 amide bonds. The second kappa shape index (κ2) is 19.1. The van der Waals surface area contributed by atoms with E-state index >= 15 is 0 Å². The topological polar surface area (TPSA) is 153 Å². The van der Waals surface area contributed by atoms with E-state index < -0.39 is 41.9 Å². The summed E-state index contributed by atoms with van der Waals surface area (Å²) in [5, 5.41) is 6.84. The van der Waals surface area contributed by atoms with Crippen LogP contribution in [0.5, 0.6) is 0 Å². The lowest BCUT2D eigenvalue weighted by Crippen LogP contribution is -2.66. The van der Waals surface area contributed by atoms with Gasteiger partial charge in [0.1, 0.15) is 6.04 Å². The molecule has 0 aromatic carbocycles. The number of β-lactam (4-membered cyclic amide) rings is 1. The van der Waals surface area contributed by atoms with Crippen LogP contribution >= 0.6 is 11.3 Å². The number of rotatable bonds is 12. The molecule has 12 nitrogen and oxygen atoms in total. The summed E-state index contributed by atoms with van der Waals surface area (Å²) < 4.78 is 16.6. The number of thiophene rings is 1. The van der Waals surface area contributed by atoms with Crippen LogP contribution in [0.4, 0.5) is 9.59 Å². The molecule has 2 atom stereocenters. The molecule has 270 valence electrons. The molecule has 13 heteroatoms. The van der Waals surface area contributed by atoms with Gasteiger partial charge >= 0.3 is 18.2 Å². The minimum Gasteiger partial charge on any atom is -0.464 e. The highest BCUT2D eigenvalue weighted by molar-refractivity contribution is 7.12. The number of guanidine groups is 1. The second-order valence-corrected chi connectivity index (χ2v) is 15.0. The van der Waals surface area contributed by atoms with Crippen molar-refractivity contribution in [2.75, 3.05) is 26.4 Å². The zero-order valence-corrected chi connectivity index (χ0v) is 29.4. The smallest absolute Gasteiger partial charge is 0.413 e. The molecule has 1 unspecified atom stereocenters. The minimum absolute atomic E-state index is 0.0971. The summed E-state index contributed by atoms with van der Waals surface area (Å²) in [6.45, 7) is 1.02. The van der Waals surface area contributed by atoms with Gasteiger partial charge in [-0.15, -0.1) is 11.3 Å². The number of hydrogen-bond donors (Lipinski definition) is 2. The van der Waals surface area contributed by atoms with Crippen molar-refractivity contribution in [1.82, 2.24) is 15.5 Å². The Morgan fingerprint density at radius 1 is 0.755 bits per heavy atom. The third-order valence-corrected chi connectivity index (χ3v) is 11.2. The van der Waals surface area contributed by atoms with E-state index in [2.05, 4.69) is 15.6 Å². The fraction of sp³-hybridized carbons (Fsp3) is 0.722. The fourth-order valence-corrected chi connectivity index (χ4v) is 8.12. The number of nitrogens with zero attached hydrogens (tertiary/aromatic N) is 2. The number of hydrogen-bond acceptors (Lipinski definition) is 10. The number of aliphatic imine (C=N–C) groups is 1. The first-order valence-corrected chi connectivity index (χ1v) is 19.3. The van der Waals surface area contributed by atoms with E-state index in [1.54, 1.807) is 17.5 Å². The monoisotopic (exact) mass is 700 g/mol. The van der Waals surface area contributed by atoms with Crippen molar-refractivity contribution in [3.8, 4) is 0 Å². The number of esters is 1. The molecule has 0 spiro atoms. The second-order valence-electron chi connectivity index (χ2n) is 14.0. The maximum absolute atomic E-state index is 13.3. The van der Waals surface area contributed by atoms with Gasteiger partial charge < -0.3 is 14.2 Å². The number of imide groups is 1. The molecule has 1 saturated heterocycles. The van der Waals surface area contributed by atoms with E-state index in [0.29, 0.717) is 42.3 Å². The summed E-state index contributed by atoms with van der Waals surface area (Å²) in [7, 11) is 0. The summed E-state index contributed by atoms with van der Waals surface area (Å²) in [5.74, 6) is -1.37. The van der Waals surface area contributed by atoms with Crippen LogP contribution in [0.3, 0.4) is 0 Å². The average molecular weight is 701 g/mol. The van der Waals surface area contributed by atoms with Crippen molar-refractivity contribution in [3.05, 3.63) is 22.4 Å². The number of nitrogens with one attached hydrogen (secondary N) is 2. The van der Waals surface area contributed by atoms with Crippen LogP contribution < -0.4 is 10.6 Å². The van der Waals surface area contributed by atoms with Crippen LogP contribution in [0, 0.1) is 23.7 Å². The van der Waals surface area contributed by atoms with Crippen LogP contribution in [-0.4, -0.2) is 73.2 Å². The standard InChI is InChI=1S/C36H52N4O8S/c41-31-28(30(40(31)32(42)29-19-11-21-49-29)33(43)46-22-25-12-4-1-5-13-25)18-10-20-37-34(38-35(44)47-23-26-14-6-2-7-15-26)39-36(45)48-24-27-16-8-3-9-17-27/h11,19,21,25-28,30H,1-10,12-18,20,22-24H2,(H2,37,38,39,44,45)/t28-,30?/m1/s1. The highest BCUT2D eigenvalue weighted by Crippen LogP contribution is 2.34. The van der Waals surface area contributed by atoms with Crippen molar-refractivity contribution >= 4 is 47.3 Å². The van der Waals surface area contributed by atoms with Crippen LogP contribution in [-0.2, 0) is 23.8 Å². The van der Waals surface area contributed by atoms with Crippen LogP contribution in [0.15, 0.2) is 22.5 Å². The summed E-state index contributed by atoms with van der Waals surface area (Å²) in [5.41, 5.74) is 0. The zero-order valence-electron chi connectivity index (χ0n) is 28.5. The summed E-state index contributed by atoms with van der Waals surface area (Å²) in [6.07, 6.45) is 15.6. The van der Waals surface area contributed by atoms with Gasteiger partial charge in [0, 0.05) is 6.54 Å². The summed E-state index contributed by atoms with van der Waals surface area (Å²) in [6, 6.07) is 2.36. The molecular weight excluding hydrogens is 648 g/mol. The van der Waals surface area contributed by atoms with Gasteiger partial charge in [-0.3, -0.25) is 30.1 Å². The minimum atomic E-state index is -1.00. The molecule has 4 aliphatic rings. The summed E-state index contributed by atoms with van der Waals surface area (Å²) in [4.78, 5) is 70.9. The average Bonchev–Trinajstić information content (AvgIpc) is 3.68. The van der Waals surface area contributed by atoms with Crippen LogP contribution in [0.25, 0.3) is 0 Å². The lowest BCUT2D eigenvalue weighted by molar-refractivity contribution is -0.171. The van der Waals surface area contributed by atoms with E-state index in [4.69, 9.17) is 14.2 Å². The Morgan fingerprint density at radius 3 is 1.76 bits per heavy atom. The number of alkyl carbamates (subject to hydrolysis) is 2. The molecule has 1 aromatic heterocycles. The quantitative estimate of drug-likeness (QED) is 0.0471. The van der Waals surface area contributed by atoms with E-state index in [1.807, 2.05) is 0 Å². The molecule has 5 rings (SSSR count). The van der Waals surface area contributed by atoms with Gasteiger partial charge in [0.15, 0.2) is 0 Å². The van der Waals surface area contributed by atoms with Crippen LogP contribution in [0.2, 0.25) is 0 Å². The molecular formula is C36H52N4O8S. The number of carbonyl (C=O) groups is 5. The maximum Gasteiger partial charge on any atom is 0.413 e. The third kappa shape index (κ3) is 11.0. The molecule has 4 fully saturated rings. The Morgan fingerprint density at radius 2 is 1.27 bits per heavy atom. The van der Waals surface area contributed by atoms with Gasteiger partial charge in [-0.2, -0.15) is 0 Å². The highest BCUT2D eigenvalue weighted by Gasteiger charge is 2.55. The highest BCUT2D eigenvalue weighted by atomic mass is 32.1. The Labute approximate surface area is 293 Å². The van der Waals surface area contributed by atoms with Crippen LogP contribution in [0.1, 0.15) is 119 Å². The van der Waals surface area contributed by atoms with Crippen molar-refractivity contribution in [2.24, 2.45) is 28.7 Å². The van der Waals surface area contributed by atoms with E-state index in [-0.39, 0.29) is 25.5 Å². The number of likely N-dealkylation sites (tertiary alicyclic amines) is 1. The zero-order chi connectivity index (χ0) is 34.4. The molecule has 49 heavy (non-hydrogen) atoms. The normalized spacial score (nSPS) is 22.0. The first-order valence-electron chi connectivity index (χ1n) is 18.4. The molecule has 3 saturated carbocycles. The largest absolute Gasteiger partial charge is 0.464 e. The van der Waals surface area contributed by atoms with E-state index in [1.165, 1.54) is 30.6 Å². The Balaban J connectivity index is 1.17. The maximum atomic E-state index is 13.3. The van der Waals surface area contributed by atoms with Crippen molar-refractivity contribution in [2.45, 2.75) is 115 Å². The van der Waals surface area contributed by atoms with Gasteiger partial charge in [-0.25, -0.2) is 14.4 Å². The molecule has 1 aromatic rings. The lowest BCUT2D eigenvalue weighted by atomic mass is 9.83. The van der Waals surface area contributed by atoms with Gasteiger partial charge in [-0.1, -0.05) is 63.9 Å². The molecule has 2 N–H and O–H groups in total. The molecule has 0 bridgehead atoms. The van der Waals surface area contributed by atoms with Crippen molar-refractivity contribution in [3.63, 3.8) is 0 Å². The molecule has 0 radical (unpaired) electrons. The third-order valence-electron chi connectivity index (χ3n) is 10.3. The van der Waals surface area contributed by atoms with Crippen molar-refractivity contribution < 1.29 is 38.2 Å². The van der Waals surface area contributed by atoms with Gasteiger partial charge in [0.05, 0.1) is 30.6 Å². The first kappa shape index (κ1) is 36.8. The van der Waals surface area contributed by atoms with Gasteiger partial charge in [0.25, 0.3) is 5.91 Å².